The first kappa shape index (κ1) is 17.0. The summed E-state index contributed by atoms with van der Waals surface area (Å²) >= 11 is 1.39. The van der Waals surface area contributed by atoms with Crippen LogP contribution in [0.5, 0.6) is 5.75 Å². The molecule has 2 aromatic rings. The van der Waals surface area contributed by atoms with Gasteiger partial charge in [0.05, 0.1) is 27.6 Å². The summed E-state index contributed by atoms with van der Waals surface area (Å²) in [5.41, 5.74) is 0.805. The number of fused-ring (bicyclic) bond motifs is 1. The second-order valence-corrected chi connectivity index (χ2v) is 7.36. The van der Waals surface area contributed by atoms with Crippen LogP contribution in [-0.4, -0.2) is 21.6 Å². The standard InChI is InChI=1S/C15H17F2NO2S2/c1-2-20-11-7-8-12-13(10-11)21-15(18-12)22(19)9-5-3-4-6-14(16)17/h6-8,10H,2-5,9H2,1H3. The van der Waals surface area contributed by atoms with E-state index in [4.69, 9.17) is 4.74 Å². The summed E-state index contributed by atoms with van der Waals surface area (Å²) in [5, 5.41) is 0. The monoisotopic (exact) mass is 345 g/mol. The molecule has 1 atom stereocenters. The van der Waals surface area contributed by atoms with Crippen LogP contribution in [0.1, 0.15) is 26.2 Å². The van der Waals surface area contributed by atoms with Gasteiger partial charge in [-0.05, 0) is 50.5 Å². The first-order valence-electron chi connectivity index (χ1n) is 7.03. The maximum absolute atomic E-state index is 12.2. The maximum Gasteiger partial charge on any atom is 0.266 e. The molecule has 1 aromatic carbocycles. The van der Waals surface area contributed by atoms with Gasteiger partial charge in [0.15, 0.2) is 4.34 Å². The van der Waals surface area contributed by atoms with Gasteiger partial charge in [0.25, 0.3) is 6.08 Å². The zero-order valence-corrected chi connectivity index (χ0v) is 13.8. The van der Waals surface area contributed by atoms with Gasteiger partial charge in [-0.25, -0.2) is 4.98 Å². The van der Waals surface area contributed by atoms with Crippen LogP contribution < -0.4 is 4.74 Å². The van der Waals surface area contributed by atoms with Gasteiger partial charge in [-0.3, -0.25) is 4.21 Å². The summed E-state index contributed by atoms with van der Waals surface area (Å²) in [7, 11) is -1.18. The number of rotatable bonds is 8. The Labute approximate surface area is 134 Å². The third kappa shape index (κ3) is 4.84. The molecule has 0 amide bonds. The number of hydrogen-bond acceptors (Lipinski definition) is 4. The average molecular weight is 345 g/mol. The number of nitrogens with zero attached hydrogens (tertiary/aromatic N) is 1. The fourth-order valence-electron chi connectivity index (χ4n) is 1.91. The predicted molar refractivity (Wildman–Crippen MR) is 86.2 cm³/mol. The van der Waals surface area contributed by atoms with Gasteiger partial charge in [0, 0.05) is 5.75 Å². The minimum atomic E-state index is -1.66. The summed E-state index contributed by atoms with van der Waals surface area (Å²) in [5.74, 6) is 1.22. The minimum Gasteiger partial charge on any atom is -0.494 e. The van der Waals surface area contributed by atoms with Crippen LogP contribution in [0.3, 0.4) is 0 Å². The second-order valence-electron chi connectivity index (χ2n) is 4.58. The molecule has 1 aromatic heterocycles. The van der Waals surface area contributed by atoms with E-state index in [2.05, 4.69) is 4.98 Å². The van der Waals surface area contributed by atoms with Crippen LogP contribution in [0.15, 0.2) is 34.7 Å². The van der Waals surface area contributed by atoms with Crippen molar-refractivity contribution in [3.63, 3.8) is 0 Å². The van der Waals surface area contributed by atoms with Gasteiger partial charge in [0.1, 0.15) is 5.75 Å². The van der Waals surface area contributed by atoms with E-state index in [-0.39, 0.29) is 0 Å². The van der Waals surface area contributed by atoms with E-state index in [9.17, 15) is 13.0 Å². The minimum absolute atomic E-state index is 0.317. The summed E-state index contributed by atoms with van der Waals surface area (Å²) in [6.45, 7) is 2.51. The number of ether oxygens (including phenoxy) is 1. The molecule has 0 aliphatic heterocycles. The normalized spacial score (nSPS) is 12.3. The van der Waals surface area contributed by atoms with E-state index in [1.54, 1.807) is 0 Å². The first-order chi connectivity index (χ1) is 10.6. The average Bonchev–Trinajstić information content (AvgIpc) is 2.90. The van der Waals surface area contributed by atoms with Crippen molar-refractivity contribution < 1.29 is 17.7 Å². The molecule has 0 radical (unpaired) electrons. The maximum atomic E-state index is 12.2. The van der Waals surface area contributed by atoms with Crippen molar-refractivity contribution in [3.05, 3.63) is 30.4 Å². The Balaban J connectivity index is 1.95. The molecule has 0 aliphatic rings. The number of unbranched alkanes of at least 4 members (excludes halogenated alkanes) is 2. The number of benzene rings is 1. The third-order valence-corrected chi connectivity index (χ3v) is 5.69. The molecular formula is C15H17F2NO2S2. The molecule has 2 rings (SSSR count). The number of thiazole rings is 1. The fraction of sp³-hybridized carbons (Fsp3) is 0.400. The Hall–Kier alpha value is -1.34. The zero-order valence-electron chi connectivity index (χ0n) is 12.2. The van der Waals surface area contributed by atoms with E-state index in [0.29, 0.717) is 36.0 Å². The Morgan fingerprint density at radius 3 is 2.95 bits per heavy atom. The molecule has 120 valence electrons. The highest BCUT2D eigenvalue weighted by molar-refractivity contribution is 7.87. The predicted octanol–water partition coefficient (Wildman–Crippen LogP) is 4.75. The quantitative estimate of drug-likeness (QED) is 0.648. The van der Waals surface area contributed by atoms with E-state index in [1.165, 1.54) is 11.3 Å². The van der Waals surface area contributed by atoms with Crippen LogP contribution >= 0.6 is 11.3 Å². The van der Waals surface area contributed by atoms with Crippen molar-refractivity contribution in [2.75, 3.05) is 12.4 Å². The van der Waals surface area contributed by atoms with E-state index < -0.39 is 16.9 Å². The van der Waals surface area contributed by atoms with Crippen molar-refractivity contribution in [2.24, 2.45) is 0 Å². The highest BCUT2D eigenvalue weighted by atomic mass is 32.2. The fourth-order valence-corrected chi connectivity index (χ4v) is 4.37. The molecule has 0 saturated carbocycles. The molecule has 1 unspecified atom stereocenters. The summed E-state index contributed by atoms with van der Waals surface area (Å²) in [6.07, 6.45) is 0.795. The van der Waals surface area contributed by atoms with Crippen LogP contribution in [0.25, 0.3) is 10.2 Å². The molecule has 0 N–H and O–H groups in total. The lowest BCUT2D eigenvalue weighted by molar-refractivity contribution is 0.341. The topological polar surface area (TPSA) is 39.2 Å². The molecule has 0 saturated heterocycles. The van der Waals surface area contributed by atoms with Crippen molar-refractivity contribution in [2.45, 2.75) is 30.5 Å². The van der Waals surface area contributed by atoms with Crippen LogP contribution in [-0.2, 0) is 10.8 Å². The number of hydrogen-bond donors (Lipinski definition) is 0. The molecule has 1 heterocycles. The molecule has 7 heteroatoms. The Bertz CT molecular complexity index is 681. The SMILES string of the molecule is CCOc1ccc2nc(S(=O)CCCCC=C(F)F)sc2c1. The van der Waals surface area contributed by atoms with E-state index >= 15 is 0 Å². The van der Waals surface area contributed by atoms with Crippen LogP contribution in [0.2, 0.25) is 0 Å². The molecule has 22 heavy (non-hydrogen) atoms. The number of aromatic nitrogens is 1. The van der Waals surface area contributed by atoms with Crippen molar-refractivity contribution >= 4 is 32.4 Å². The van der Waals surface area contributed by atoms with Crippen molar-refractivity contribution in [1.82, 2.24) is 4.98 Å². The smallest absolute Gasteiger partial charge is 0.266 e. The largest absolute Gasteiger partial charge is 0.494 e. The zero-order chi connectivity index (χ0) is 15.9. The van der Waals surface area contributed by atoms with Gasteiger partial charge in [-0.1, -0.05) is 0 Å². The Morgan fingerprint density at radius 2 is 2.23 bits per heavy atom. The lowest BCUT2D eigenvalue weighted by atomic mass is 10.2. The highest BCUT2D eigenvalue weighted by Gasteiger charge is 2.11. The molecule has 3 nitrogen and oxygen atoms in total. The number of allylic oxidation sites excluding steroid dienone is 1. The highest BCUT2D eigenvalue weighted by Crippen LogP contribution is 2.28. The lowest BCUT2D eigenvalue weighted by Gasteiger charge is -2.00. The first-order valence-corrected chi connectivity index (χ1v) is 9.16. The van der Waals surface area contributed by atoms with Gasteiger partial charge >= 0.3 is 0 Å². The van der Waals surface area contributed by atoms with Crippen LogP contribution in [0.4, 0.5) is 8.78 Å². The van der Waals surface area contributed by atoms with Crippen LogP contribution in [0, 0.1) is 0 Å². The number of halogens is 2. The molecule has 0 fully saturated rings. The summed E-state index contributed by atoms with van der Waals surface area (Å²) in [6, 6.07) is 5.59. The Kier molecular flexibility index (Phi) is 6.45. The van der Waals surface area contributed by atoms with Crippen molar-refractivity contribution in [3.8, 4) is 5.75 Å². The second kappa shape index (κ2) is 8.33. The van der Waals surface area contributed by atoms with E-state index in [1.807, 2.05) is 25.1 Å². The third-order valence-electron chi connectivity index (χ3n) is 2.93. The molecule has 0 bridgehead atoms. The summed E-state index contributed by atoms with van der Waals surface area (Å²) < 4.78 is 42.9. The Morgan fingerprint density at radius 1 is 1.41 bits per heavy atom. The molecule has 0 aliphatic carbocycles. The van der Waals surface area contributed by atoms with E-state index in [0.717, 1.165) is 22.0 Å². The lowest BCUT2D eigenvalue weighted by Crippen LogP contribution is -1.97. The van der Waals surface area contributed by atoms with Gasteiger partial charge in [-0.2, -0.15) is 8.78 Å². The molecular weight excluding hydrogens is 328 g/mol. The van der Waals surface area contributed by atoms with Gasteiger partial charge in [0.2, 0.25) is 0 Å². The summed E-state index contributed by atoms with van der Waals surface area (Å²) in [4.78, 5) is 4.37. The molecule has 0 spiro atoms. The van der Waals surface area contributed by atoms with Gasteiger partial charge in [-0.15, -0.1) is 11.3 Å². The van der Waals surface area contributed by atoms with Crippen molar-refractivity contribution in [1.29, 1.82) is 0 Å². The van der Waals surface area contributed by atoms with Gasteiger partial charge < -0.3 is 4.74 Å².